The highest BCUT2D eigenvalue weighted by Crippen LogP contribution is 2.30. The van der Waals surface area contributed by atoms with Crippen LogP contribution in [0.4, 0.5) is 0 Å². The lowest BCUT2D eigenvalue weighted by molar-refractivity contribution is 0.154. The molecule has 3 saturated carbocycles. The molecule has 0 spiro atoms. The van der Waals surface area contributed by atoms with Crippen molar-refractivity contribution in [3.63, 3.8) is 0 Å². The second kappa shape index (κ2) is 9.76. The second-order valence-corrected chi connectivity index (χ2v) is 7.77. The van der Waals surface area contributed by atoms with Crippen LogP contribution in [-0.4, -0.2) is 29.0 Å². The highest BCUT2D eigenvalue weighted by atomic mass is 35.5. The van der Waals surface area contributed by atoms with E-state index in [0.29, 0.717) is 18.1 Å². The van der Waals surface area contributed by atoms with Gasteiger partial charge >= 0.3 is 0 Å². The fourth-order valence-electron chi connectivity index (χ4n) is 4.85. The Morgan fingerprint density at radius 1 is 0.652 bits per heavy atom. The predicted molar refractivity (Wildman–Crippen MR) is 101 cm³/mol. The van der Waals surface area contributed by atoms with Gasteiger partial charge in [0.15, 0.2) is 5.96 Å². The highest BCUT2D eigenvalue weighted by Gasteiger charge is 2.30. The van der Waals surface area contributed by atoms with Crippen LogP contribution in [0.1, 0.15) is 96.3 Å². The third kappa shape index (κ3) is 5.27. The van der Waals surface area contributed by atoms with Crippen molar-refractivity contribution < 1.29 is 0 Å². The first-order valence-corrected chi connectivity index (χ1v) is 9.96. The lowest BCUT2D eigenvalue weighted by Crippen LogP contribution is -2.52. The second-order valence-electron chi connectivity index (χ2n) is 7.77. The maximum Gasteiger partial charge on any atom is 0.192 e. The van der Waals surface area contributed by atoms with Crippen molar-refractivity contribution in [2.45, 2.75) is 114 Å². The summed E-state index contributed by atoms with van der Waals surface area (Å²) in [7, 11) is 0. The van der Waals surface area contributed by atoms with Gasteiger partial charge in [-0.3, -0.25) is 0 Å². The first-order chi connectivity index (χ1) is 10.8. The largest absolute Gasteiger partial charge is 0.370 e. The Morgan fingerprint density at radius 3 is 1.48 bits per heavy atom. The SMILES string of the molecule is Cl.NC(=NC1CCCCC1)N(C1CCCCC1)C1CCCCC1. The van der Waals surface area contributed by atoms with Gasteiger partial charge in [0, 0.05) is 12.1 Å². The summed E-state index contributed by atoms with van der Waals surface area (Å²) in [5.41, 5.74) is 6.59. The van der Waals surface area contributed by atoms with Gasteiger partial charge in [-0.25, -0.2) is 4.99 Å². The van der Waals surface area contributed by atoms with Crippen LogP contribution < -0.4 is 5.73 Å². The van der Waals surface area contributed by atoms with Gasteiger partial charge in [0.1, 0.15) is 0 Å². The van der Waals surface area contributed by atoms with Gasteiger partial charge in [-0.15, -0.1) is 12.4 Å². The Balaban J connectivity index is 0.00000192. The summed E-state index contributed by atoms with van der Waals surface area (Å²) in [6.07, 6.45) is 20.2. The summed E-state index contributed by atoms with van der Waals surface area (Å²) >= 11 is 0. The molecular weight excluding hydrogens is 306 g/mol. The molecule has 0 aromatic carbocycles. The first-order valence-electron chi connectivity index (χ1n) is 9.96. The van der Waals surface area contributed by atoms with Crippen molar-refractivity contribution in [1.82, 2.24) is 4.90 Å². The van der Waals surface area contributed by atoms with Crippen LogP contribution in [0.25, 0.3) is 0 Å². The van der Waals surface area contributed by atoms with E-state index < -0.39 is 0 Å². The minimum Gasteiger partial charge on any atom is -0.370 e. The number of hydrogen-bond donors (Lipinski definition) is 1. The molecule has 0 amide bonds. The van der Waals surface area contributed by atoms with Gasteiger partial charge in [0.2, 0.25) is 0 Å². The molecule has 0 atom stereocenters. The zero-order chi connectivity index (χ0) is 15.2. The summed E-state index contributed by atoms with van der Waals surface area (Å²) in [5, 5.41) is 0. The van der Waals surface area contributed by atoms with Crippen LogP contribution in [0.2, 0.25) is 0 Å². The minimum absolute atomic E-state index is 0. The van der Waals surface area contributed by atoms with E-state index >= 15 is 0 Å². The molecule has 0 aromatic rings. The van der Waals surface area contributed by atoms with Gasteiger partial charge in [0.05, 0.1) is 6.04 Å². The average Bonchev–Trinajstić information content (AvgIpc) is 2.58. The summed E-state index contributed by atoms with van der Waals surface area (Å²) in [5.74, 6) is 0.894. The molecule has 0 bridgehead atoms. The van der Waals surface area contributed by atoms with Gasteiger partial charge in [0.25, 0.3) is 0 Å². The highest BCUT2D eigenvalue weighted by molar-refractivity contribution is 5.85. The van der Waals surface area contributed by atoms with E-state index in [1.807, 2.05) is 0 Å². The van der Waals surface area contributed by atoms with E-state index in [-0.39, 0.29) is 12.4 Å². The zero-order valence-corrected chi connectivity index (χ0v) is 15.5. The van der Waals surface area contributed by atoms with Crippen LogP contribution in [0, 0.1) is 0 Å². The lowest BCUT2D eigenvalue weighted by Gasteiger charge is -2.42. The lowest BCUT2D eigenvalue weighted by atomic mass is 9.89. The van der Waals surface area contributed by atoms with Crippen molar-refractivity contribution in [2.24, 2.45) is 10.7 Å². The summed E-state index contributed by atoms with van der Waals surface area (Å²) in [6, 6.07) is 1.84. The predicted octanol–water partition coefficient (Wildman–Crippen LogP) is 5.02. The standard InChI is InChI=1S/C19H35N3.ClH/c20-19(21-16-10-4-1-5-11-16)22(17-12-6-2-7-13-17)18-14-8-3-9-15-18;/h16-18H,1-15H2,(H2,20,21);1H. The maximum atomic E-state index is 6.59. The van der Waals surface area contributed by atoms with Crippen LogP contribution in [0.5, 0.6) is 0 Å². The number of hydrogen-bond acceptors (Lipinski definition) is 1. The van der Waals surface area contributed by atoms with E-state index in [1.165, 1.54) is 96.3 Å². The van der Waals surface area contributed by atoms with Gasteiger partial charge in [-0.05, 0) is 38.5 Å². The maximum absolute atomic E-state index is 6.59. The molecule has 0 unspecified atom stereocenters. The number of aliphatic imine (C=N–C) groups is 1. The molecule has 0 aromatic heterocycles. The monoisotopic (exact) mass is 341 g/mol. The summed E-state index contributed by atoms with van der Waals surface area (Å²) < 4.78 is 0. The average molecular weight is 342 g/mol. The number of halogens is 1. The van der Waals surface area contributed by atoms with Crippen LogP contribution in [-0.2, 0) is 0 Å². The molecule has 3 nitrogen and oxygen atoms in total. The Morgan fingerprint density at radius 2 is 1.04 bits per heavy atom. The Hall–Kier alpha value is -0.440. The Labute approximate surface area is 148 Å². The molecule has 4 heteroatoms. The van der Waals surface area contributed by atoms with E-state index in [9.17, 15) is 0 Å². The molecular formula is C19H36ClN3. The quantitative estimate of drug-likeness (QED) is 0.578. The molecule has 0 heterocycles. The van der Waals surface area contributed by atoms with E-state index in [1.54, 1.807) is 0 Å². The molecule has 0 aliphatic heterocycles. The van der Waals surface area contributed by atoms with Crippen LogP contribution in [0.15, 0.2) is 4.99 Å². The molecule has 3 aliphatic carbocycles. The molecule has 0 saturated heterocycles. The van der Waals surface area contributed by atoms with Gasteiger partial charge in [-0.1, -0.05) is 57.8 Å². The molecule has 3 rings (SSSR count). The van der Waals surface area contributed by atoms with E-state index in [2.05, 4.69) is 4.90 Å². The van der Waals surface area contributed by atoms with Crippen molar-refractivity contribution in [2.75, 3.05) is 0 Å². The first kappa shape index (κ1) is 18.9. The molecule has 3 aliphatic rings. The normalized spacial score (nSPS) is 25.8. The number of nitrogens with two attached hydrogens (primary N) is 1. The minimum atomic E-state index is 0. The summed E-state index contributed by atoms with van der Waals surface area (Å²) in [4.78, 5) is 7.60. The fraction of sp³-hybridized carbons (Fsp3) is 0.947. The number of rotatable bonds is 3. The third-order valence-electron chi connectivity index (χ3n) is 6.09. The van der Waals surface area contributed by atoms with Gasteiger partial charge < -0.3 is 10.6 Å². The molecule has 134 valence electrons. The van der Waals surface area contributed by atoms with E-state index in [4.69, 9.17) is 10.7 Å². The van der Waals surface area contributed by atoms with Crippen molar-refractivity contribution in [3.8, 4) is 0 Å². The van der Waals surface area contributed by atoms with Gasteiger partial charge in [-0.2, -0.15) is 0 Å². The molecule has 23 heavy (non-hydrogen) atoms. The van der Waals surface area contributed by atoms with Crippen molar-refractivity contribution in [3.05, 3.63) is 0 Å². The third-order valence-corrected chi connectivity index (χ3v) is 6.09. The Kier molecular flexibility index (Phi) is 8.02. The fourth-order valence-corrected chi connectivity index (χ4v) is 4.85. The smallest absolute Gasteiger partial charge is 0.192 e. The topological polar surface area (TPSA) is 41.6 Å². The van der Waals surface area contributed by atoms with Crippen molar-refractivity contribution in [1.29, 1.82) is 0 Å². The van der Waals surface area contributed by atoms with Crippen LogP contribution in [0.3, 0.4) is 0 Å². The van der Waals surface area contributed by atoms with Crippen molar-refractivity contribution >= 4 is 18.4 Å². The van der Waals surface area contributed by atoms with Crippen LogP contribution >= 0.6 is 12.4 Å². The molecule has 3 fully saturated rings. The number of guanidine groups is 1. The summed E-state index contributed by atoms with van der Waals surface area (Å²) in [6.45, 7) is 0. The van der Waals surface area contributed by atoms with E-state index in [0.717, 1.165) is 5.96 Å². The molecule has 2 N–H and O–H groups in total. The molecule has 0 radical (unpaired) electrons. The number of nitrogens with zero attached hydrogens (tertiary/aromatic N) is 2. The Bertz CT molecular complexity index is 336. The zero-order valence-electron chi connectivity index (χ0n) is 14.7.